The highest BCUT2D eigenvalue weighted by atomic mass is 19.4. The highest BCUT2D eigenvalue weighted by molar-refractivity contribution is 5.91. The second kappa shape index (κ2) is 4.98. The fraction of sp³-hybridized carbons (Fsp3) is 0.333. The summed E-state index contributed by atoms with van der Waals surface area (Å²) in [6.07, 6.45) is -5.07. The van der Waals surface area contributed by atoms with Crippen LogP contribution in [0.25, 0.3) is 0 Å². The molecule has 0 spiro atoms. The maximum atomic E-state index is 12.7. The predicted octanol–water partition coefficient (Wildman–Crippen LogP) is 2.30. The Morgan fingerprint density at radius 3 is 2.59 bits per heavy atom. The van der Waals surface area contributed by atoms with E-state index in [0.717, 1.165) is 12.1 Å². The standard InChI is InChI=1S/C9H7F4NO3/c1-2-16-8(15)5-3-4-6(10)14-7(5)17-9(11,12)13/h3-4H,2H2,1H3. The van der Waals surface area contributed by atoms with Crippen LogP contribution in [0.15, 0.2) is 12.1 Å². The molecule has 0 amide bonds. The van der Waals surface area contributed by atoms with E-state index in [-0.39, 0.29) is 6.61 Å². The number of rotatable bonds is 3. The van der Waals surface area contributed by atoms with Crippen LogP contribution in [0.4, 0.5) is 17.6 Å². The Morgan fingerprint density at radius 1 is 1.41 bits per heavy atom. The third-order valence-electron chi connectivity index (χ3n) is 1.53. The molecule has 0 aliphatic heterocycles. The highest BCUT2D eigenvalue weighted by Crippen LogP contribution is 2.25. The summed E-state index contributed by atoms with van der Waals surface area (Å²) in [6, 6.07) is 1.54. The van der Waals surface area contributed by atoms with Gasteiger partial charge in [-0.05, 0) is 19.1 Å². The molecule has 0 fully saturated rings. The number of carbonyl (C=O) groups excluding carboxylic acids is 1. The highest BCUT2D eigenvalue weighted by Gasteiger charge is 2.34. The molecule has 0 radical (unpaired) electrons. The number of nitrogens with zero attached hydrogens (tertiary/aromatic N) is 1. The third-order valence-corrected chi connectivity index (χ3v) is 1.53. The van der Waals surface area contributed by atoms with Gasteiger partial charge in [-0.3, -0.25) is 0 Å². The molecule has 4 nitrogen and oxygen atoms in total. The van der Waals surface area contributed by atoms with Crippen LogP contribution < -0.4 is 4.74 Å². The minimum absolute atomic E-state index is 0.0400. The number of aromatic nitrogens is 1. The molecule has 17 heavy (non-hydrogen) atoms. The zero-order valence-electron chi connectivity index (χ0n) is 8.55. The number of hydrogen-bond donors (Lipinski definition) is 0. The average molecular weight is 253 g/mol. The third kappa shape index (κ3) is 3.89. The van der Waals surface area contributed by atoms with Gasteiger partial charge in [-0.15, -0.1) is 13.2 Å². The summed E-state index contributed by atoms with van der Waals surface area (Å²) in [5.41, 5.74) is -0.592. The molecule has 1 rings (SSSR count). The van der Waals surface area contributed by atoms with Crippen molar-refractivity contribution in [3.05, 3.63) is 23.6 Å². The van der Waals surface area contributed by atoms with Crippen molar-refractivity contribution in [3.8, 4) is 5.88 Å². The Labute approximate surface area is 93.2 Å². The first-order valence-corrected chi connectivity index (χ1v) is 4.43. The molecule has 1 aromatic heterocycles. The average Bonchev–Trinajstić information content (AvgIpc) is 2.15. The molecule has 1 heterocycles. The summed E-state index contributed by atoms with van der Waals surface area (Å²) >= 11 is 0. The Morgan fingerprint density at radius 2 is 2.06 bits per heavy atom. The Balaban J connectivity index is 3.08. The first kappa shape index (κ1) is 13.2. The molecule has 0 aromatic carbocycles. The van der Waals surface area contributed by atoms with E-state index >= 15 is 0 Å². The summed E-state index contributed by atoms with van der Waals surface area (Å²) < 4.78 is 56.5. The largest absolute Gasteiger partial charge is 0.574 e. The molecule has 0 aliphatic rings. The minimum Gasteiger partial charge on any atom is -0.462 e. The Kier molecular flexibility index (Phi) is 3.87. The van der Waals surface area contributed by atoms with Crippen molar-refractivity contribution in [2.75, 3.05) is 6.61 Å². The van der Waals surface area contributed by atoms with Gasteiger partial charge in [-0.25, -0.2) is 4.79 Å². The zero-order valence-corrected chi connectivity index (χ0v) is 8.55. The first-order chi connectivity index (χ1) is 7.83. The van der Waals surface area contributed by atoms with E-state index in [2.05, 4.69) is 14.5 Å². The van der Waals surface area contributed by atoms with Gasteiger partial charge in [0.1, 0.15) is 5.56 Å². The van der Waals surface area contributed by atoms with Crippen LogP contribution in [0, 0.1) is 5.95 Å². The number of alkyl halides is 3. The maximum Gasteiger partial charge on any atom is 0.574 e. The van der Waals surface area contributed by atoms with Crippen molar-refractivity contribution in [1.82, 2.24) is 4.98 Å². The van der Waals surface area contributed by atoms with E-state index in [1.165, 1.54) is 6.92 Å². The molecule has 0 atom stereocenters. The van der Waals surface area contributed by atoms with Gasteiger partial charge < -0.3 is 9.47 Å². The molecule has 1 aromatic rings. The summed E-state index contributed by atoms with van der Waals surface area (Å²) in [5.74, 6) is -3.44. The van der Waals surface area contributed by atoms with Gasteiger partial charge in [0.25, 0.3) is 0 Å². The molecule has 0 saturated heterocycles. The quantitative estimate of drug-likeness (QED) is 0.471. The van der Waals surface area contributed by atoms with Crippen molar-refractivity contribution < 1.29 is 31.8 Å². The van der Waals surface area contributed by atoms with Crippen molar-refractivity contribution >= 4 is 5.97 Å². The molecule has 94 valence electrons. The molecular weight excluding hydrogens is 246 g/mol. The number of carbonyl (C=O) groups is 1. The fourth-order valence-electron chi connectivity index (χ4n) is 0.970. The smallest absolute Gasteiger partial charge is 0.462 e. The van der Waals surface area contributed by atoms with Gasteiger partial charge in [-0.2, -0.15) is 9.37 Å². The second-order valence-electron chi connectivity index (χ2n) is 2.75. The molecule has 0 saturated carbocycles. The van der Waals surface area contributed by atoms with Crippen molar-refractivity contribution in [2.24, 2.45) is 0 Å². The number of pyridine rings is 1. The number of halogens is 4. The normalized spacial score (nSPS) is 11.1. The monoisotopic (exact) mass is 253 g/mol. The lowest BCUT2D eigenvalue weighted by Crippen LogP contribution is -2.21. The van der Waals surface area contributed by atoms with Crippen molar-refractivity contribution in [3.63, 3.8) is 0 Å². The van der Waals surface area contributed by atoms with Gasteiger partial charge in [0, 0.05) is 0 Å². The summed E-state index contributed by atoms with van der Waals surface area (Å²) in [4.78, 5) is 14.1. The summed E-state index contributed by atoms with van der Waals surface area (Å²) in [6.45, 7) is 1.43. The lowest BCUT2D eigenvalue weighted by molar-refractivity contribution is -0.276. The SMILES string of the molecule is CCOC(=O)c1ccc(F)nc1OC(F)(F)F. The van der Waals surface area contributed by atoms with Crippen LogP contribution in [0.3, 0.4) is 0 Å². The lowest BCUT2D eigenvalue weighted by atomic mass is 10.3. The van der Waals surface area contributed by atoms with Gasteiger partial charge >= 0.3 is 12.3 Å². The van der Waals surface area contributed by atoms with Gasteiger partial charge in [-0.1, -0.05) is 0 Å². The van der Waals surface area contributed by atoms with E-state index < -0.39 is 29.7 Å². The van der Waals surface area contributed by atoms with E-state index in [1.807, 2.05) is 0 Å². The van der Waals surface area contributed by atoms with Crippen LogP contribution in [-0.4, -0.2) is 23.9 Å². The van der Waals surface area contributed by atoms with E-state index in [4.69, 9.17) is 0 Å². The molecule has 0 bridgehead atoms. The topological polar surface area (TPSA) is 48.4 Å². The lowest BCUT2D eigenvalue weighted by Gasteiger charge is -2.11. The predicted molar refractivity (Wildman–Crippen MR) is 46.8 cm³/mol. The van der Waals surface area contributed by atoms with Crippen LogP contribution in [0.5, 0.6) is 5.88 Å². The van der Waals surface area contributed by atoms with Gasteiger partial charge in [0.15, 0.2) is 0 Å². The van der Waals surface area contributed by atoms with Crippen LogP contribution in [0.1, 0.15) is 17.3 Å². The van der Waals surface area contributed by atoms with Gasteiger partial charge in [0.2, 0.25) is 11.8 Å². The fourth-order valence-corrected chi connectivity index (χ4v) is 0.970. The molecule has 0 unspecified atom stereocenters. The Hall–Kier alpha value is -1.86. The number of ether oxygens (including phenoxy) is 2. The number of hydrogen-bond acceptors (Lipinski definition) is 4. The zero-order chi connectivity index (χ0) is 13.1. The van der Waals surface area contributed by atoms with Crippen molar-refractivity contribution in [2.45, 2.75) is 13.3 Å². The second-order valence-corrected chi connectivity index (χ2v) is 2.75. The molecule has 0 N–H and O–H groups in total. The molecule has 8 heteroatoms. The maximum absolute atomic E-state index is 12.7. The van der Waals surface area contributed by atoms with Crippen LogP contribution >= 0.6 is 0 Å². The molecule has 0 aliphatic carbocycles. The number of esters is 1. The van der Waals surface area contributed by atoms with E-state index in [0.29, 0.717) is 0 Å². The minimum atomic E-state index is -5.07. The van der Waals surface area contributed by atoms with Crippen molar-refractivity contribution in [1.29, 1.82) is 0 Å². The first-order valence-electron chi connectivity index (χ1n) is 4.43. The van der Waals surface area contributed by atoms with E-state index in [9.17, 15) is 22.4 Å². The van der Waals surface area contributed by atoms with Crippen LogP contribution in [-0.2, 0) is 4.74 Å². The van der Waals surface area contributed by atoms with Crippen LogP contribution in [0.2, 0.25) is 0 Å². The van der Waals surface area contributed by atoms with Gasteiger partial charge in [0.05, 0.1) is 6.61 Å². The Bertz CT molecular complexity index is 419. The summed E-state index contributed by atoms with van der Waals surface area (Å²) in [7, 11) is 0. The summed E-state index contributed by atoms with van der Waals surface area (Å²) in [5, 5.41) is 0. The molecular formula is C9H7F4NO3. The van der Waals surface area contributed by atoms with E-state index in [1.54, 1.807) is 0 Å².